The molecule has 1 aliphatic heterocycles. The van der Waals surface area contributed by atoms with Gasteiger partial charge in [-0.15, -0.1) is 0 Å². The molecule has 3 aromatic rings. The molecule has 1 saturated heterocycles. The lowest BCUT2D eigenvalue weighted by Crippen LogP contribution is -2.37. The number of imidazole rings is 1. The van der Waals surface area contributed by atoms with E-state index in [1.165, 1.54) is 23.7 Å². The Labute approximate surface area is 160 Å². The predicted molar refractivity (Wildman–Crippen MR) is 103 cm³/mol. The first-order valence-corrected chi connectivity index (χ1v) is 9.22. The summed E-state index contributed by atoms with van der Waals surface area (Å²) in [5.41, 5.74) is 0.595. The molecule has 0 amide bonds. The van der Waals surface area contributed by atoms with Gasteiger partial charge in [0.15, 0.2) is 11.2 Å². The number of anilines is 1. The van der Waals surface area contributed by atoms with Gasteiger partial charge in [-0.25, -0.2) is 9.18 Å². The standard InChI is InChI=1S/C19H22FN5O3/c1-23-16-15(17(26)24(2)19(23)27)25(11-12-5-7-13(20)8-6-12)18(22-16)21-10-14-4-3-9-28-14/h5-8,14H,3-4,9-11H2,1-2H3,(H,21,22). The third-order valence-corrected chi connectivity index (χ3v) is 5.11. The van der Waals surface area contributed by atoms with Gasteiger partial charge >= 0.3 is 5.69 Å². The molecule has 2 aromatic heterocycles. The summed E-state index contributed by atoms with van der Waals surface area (Å²) in [5, 5.41) is 3.26. The molecule has 0 bridgehead atoms. The van der Waals surface area contributed by atoms with Crippen LogP contribution in [-0.4, -0.2) is 37.9 Å². The number of hydrogen-bond donors (Lipinski definition) is 1. The maximum Gasteiger partial charge on any atom is 0.332 e. The fraction of sp³-hybridized carbons (Fsp3) is 0.421. The zero-order valence-electron chi connectivity index (χ0n) is 15.8. The highest BCUT2D eigenvalue weighted by molar-refractivity contribution is 5.74. The third kappa shape index (κ3) is 3.22. The van der Waals surface area contributed by atoms with Crippen molar-refractivity contribution in [2.75, 3.05) is 18.5 Å². The average molecular weight is 387 g/mol. The van der Waals surface area contributed by atoms with Gasteiger partial charge in [0.2, 0.25) is 5.95 Å². The summed E-state index contributed by atoms with van der Waals surface area (Å²) in [6.45, 7) is 1.62. The monoisotopic (exact) mass is 387 g/mol. The summed E-state index contributed by atoms with van der Waals surface area (Å²) in [4.78, 5) is 29.6. The van der Waals surface area contributed by atoms with Crippen LogP contribution in [0.2, 0.25) is 0 Å². The van der Waals surface area contributed by atoms with Crippen LogP contribution in [0.1, 0.15) is 18.4 Å². The van der Waals surface area contributed by atoms with Crippen molar-refractivity contribution in [2.45, 2.75) is 25.5 Å². The molecule has 4 rings (SSSR count). The van der Waals surface area contributed by atoms with Crippen molar-refractivity contribution >= 4 is 17.1 Å². The van der Waals surface area contributed by atoms with E-state index in [9.17, 15) is 14.0 Å². The van der Waals surface area contributed by atoms with E-state index in [0.717, 1.165) is 29.6 Å². The normalized spacial score (nSPS) is 16.8. The Bertz CT molecular complexity index is 1120. The first-order chi connectivity index (χ1) is 13.5. The predicted octanol–water partition coefficient (Wildman–Crippen LogP) is 1.21. The number of nitrogens with zero attached hydrogens (tertiary/aromatic N) is 4. The van der Waals surface area contributed by atoms with E-state index in [-0.39, 0.29) is 11.9 Å². The lowest BCUT2D eigenvalue weighted by Gasteiger charge is -2.14. The van der Waals surface area contributed by atoms with E-state index in [1.54, 1.807) is 23.7 Å². The van der Waals surface area contributed by atoms with Crippen LogP contribution in [0.5, 0.6) is 0 Å². The highest BCUT2D eigenvalue weighted by Gasteiger charge is 2.21. The number of nitrogens with one attached hydrogen (secondary N) is 1. The molecule has 9 heteroatoms. The number of benzene rings is 1. The van der Waals surface area contributed by atoms with Crippen molar-refractivity contribution in [1.29, 1.82) is 0 Å². The molecular formula is C19H22FN5O3. The summed E-state index contributed by atoms with van der Waals surface area (Å²) in [6.07, 6.45) is 2.07. The first-order valence-electron chi connectivity index (χ1n) is 9.22. The number of aryl methyl sites for hydroxylation is 1. The number of aromatic nitrogens is 4. The molecule has 3 heterocycles. The summed E-state index contributed by atoms with van der Waals surface area (Å²) in [6, 6.07) is 6.08. The quantitative estimate of drug-likeness (QED) is 0.712. The summed E-state index contributed by atoms with van der Waals surface area (Å²) < 4.78 is 23.1. The fourth-order valence-corrected chi connectivity index (χ4v) is 3.52. The van der Waals surface area contributed by atoms with Gasteiger partial charge in [0.1, 0.15) is 5.82 Å². The van der Waals surface area contributed by atoms with Gasteiger partial charge in [-0.3, -0.25) is 18.5 Å². The molecule has 0 saturated carbocycles. The van der Waals surface area contributed by atoms with E-state index >= 15 is 0 Å². The van der Waals surface area contributed by atoms with Gasteiger partial charge in [-0.2, -0.15) is 4.98 Å². The van der Waals surface area contributed by atoms with Crippen LogP contribution in [0.4, 0.5) is 10.3 Å². The van der Waals surface area contributed by atoms with Crippen molar-refractivity contribution in [3.05, 3.63) is 56.5 Å². The van der Waals surface area contributed by atoms with Crippen LogP contribution in [0.15, 0.2) is 33.9 Å². The minimum absolute atomic E-state index is 0.0886. The lowest BCUT2D eigenvalue weighted by atomic mass is 10.2. The molecule has 28 heavy (non-hydrogen) atoms. The van der Waals surface area contributed by atoms with Gasteiger partial charge in [0.05, 0.1) is 12.6 Å². The number of ether oxygens (including phenoxy) is 1. The average Bonchev–Trinajstić information content (AvgIpc) is 3.33. The van der Waals surface area contributed by atoms with Crippen LogP contribution in [-0.2, 0) is 25.4 Å². The molecule has 1 atom stereocenters. The van der Waals surface area contributed by atoms with E-state index in [1.807, 2.05) is 0 Å². The zero-order chi connectivity index (χ0) is 19.8. The molecular weight excluding hydrogens is 365 g/mol. The van der Waals surface area contributed by atoms with Crippen molar-refractivity contribution in [2.24, 2.45) is 14.1 Å². The van der Waals surface area contributed by atoms with Gasteiger partial charge in [0.25, 0.3) is 5.56 Å². The van der Waals surface area contributed by atoms with Crippen LogP contribution in [0.3, 0.4) is 0 Å². The van der Waals surface area contributed by atoms with E-state index < -0.39 is 11.2 Å². The zero-order valence-corrected chi connectivity index (χ0v) is 15.8. The molecule has 1 fully saturated rings. The van der Waals surface area contributed by atoms with Crippen LogP contribution < -0.4 is 16.6 Å². The molecule has 1 aromatic carbocycles. The molecule has 0 aliphatic carbocycles. The summed E-state index contributed by atoms with van der Waals surface area (Å²) >= 11 is 0. The second-order valence-corrected chi connectivity index (χ2v) is 7.04. The Morgan fingerprint density at radius 3 is 2.64 bits per heavy atom. The smallest absolute Gasteiger partial charge is 0.332 e. The van der Waals surface area contributed by atoms with Crippen molar-refractivity contribution in [3.63, 3.8) is 0 Å². The largest absolute Gasteiger partial charge is 0.376 e. The number of hydrogen-bond acceptors (Lipinski definition) is 5. The molecule has 1 aliphatic rings. The second kappa shape index (κ2) is 7.23. The second-order valence-electron chi connectivity index (χ2n) is 7.04. The molecule has 1 unspecified atom stereocenters. The Hall–Kier alpha value is -2.94. The molecule has 8 nitrogen and oxygen atoms in total. The van der Waals surface area contributed by atoms with Crippen molar-refractivity contribution in [1.82, 2.24) is 18.7 Å². The fourth-order valence-electron chi connectivity index (χ4n) is 3.52. The van der Waals surface area contributed by atoms with Crippen molar-refractivity contribution in [3.8, 4) is 0 Å². The maximum atomic E-state index is 13.3. The molecule has 0 radical (unpaired) electrons. The number of fused-ring (bicyclic) bond motifs is 1. The van der Waals surface area contributed by atoms with Crippen LogP contribution >= 0.6 is 0 Å². The molecule has 148 valence electrons. The van der Waals surface area contributed by atoms with Crippen molar-refractivity contribution < 1.29 is 9.13 Å². The lowest BCUT2D eigenvalue weighted by molar-refractivity contribution is 0.120. The Kier molecular flexibility index (Phi) is 4.76. The topological polar surface area (TPSA) is 83.1 Å². The Morgan fingerprint density at radius 1 is 1.21 bits per heavy atom. The van der Waals surface area contributed by atoms with Gasteiger partial charge in [0, 0.05) is 27.2 Å². The minimum atomic E-state index is -0.436. The maximum absolute atomic E-state index is 13.3. The number of rotatable bonds is 5. The SMILES string of the molecule is Cn1c(=O)c2c(nc(NCC3CCCO3)n2Cc2ccc(F)cc2)n(C)c1=O. The third-order valence-electron chi connectivity index (χ3n) is 5.11. The van der Waals surface area contributed by atoms with E-state index in [0.29, 0.717) is 30.2 Å². The Balaban J connectivity index is 1.82. The van der Waals surface area contributed by atoms with Gasteiger partial charge in [-0.1, -0.05) is 12.1 Å². The Morgan fingerprint density at radius 2 is 1.96 bits per heavy atom. The van der Waals surface area contributed by atoms with E-state index in [4.69, 9.17) is 4.74 Å². The number of halogens is 1. The van der Waals surface area contributed by atoms with E-state index in [2.05, 4.69) is 10.3 Å². The minimum Gasteiger partial charge on any atom is -0.376 e. The highest BCUT2D eigenvalue weighted by Crippen LogP contribution is 2.19. The van der Waals surface area contributed by atoms with Crippen LogP contribution in [0, 0.1) is 5.82 Å². The van der Waals surface area contributed by atoms with Gasteiger partial charge in [-0.05, 0) is 30.5 Å². The van der Waals surface area contributed by atoms with Gasteiger partial charge < -0.3 is 10.1 Å². The summed E-state index contributed by atoms with van der Waals surface area (Å²) in [5.74, 6) is 0.155. The molecule has 1 N–H and O–H groups in total. The summed E-state index contributed by atoms with van der Waals surface area (Å²) in [7, 11) is 3.03. The first kappa shape index (κ1) is 18.4. The molecule has 0 spiro atoms. The highest BCUT2D eigenvalue weighted by atomic mass is 19.1. The van der Waals surface area contributed by atoms with Crippen LogP contribution in [0.25, 0.3) is 11.2 Å².